The maximum atomic E-state index is 13.2. The summed E-state index contributed by atoms with van der Waals surface area (Å²) in [6.07, 6.45) is 3.89. The van der Waals surface area contributed by atoms with Gasteiger partial charge in [0.25, 0.3) is 5.91 Å². The molecule has 3 saturated heterocycles. The van der Waals surface area contributed by atoms with E-state index in [1.165, 1.54) is 12.8 Å². The lowest BCUT2D eigenvalue weighted by Gasteiger charge is -2.28. The van der Waals surface area contributed by atoms with Crippen molar-refractivity contribution >= 4 is 21.8 Å². The summed E-state index contributed by atoms with van der Waals surface area (Å²) in [5.74, 6) is -0.250. The molecule has 0 aliphatic carbocycles. The van der Waals surface area contributed by atoms with Crippen molar-refractivity contribution in [3.05, 3.63) is 23.7 Å². The van der Waals surface area contributed by atoms with Gasteiger partial charge in [-0.2, -0.15) is 0 Å². The van der Waals surface area contributed by atoms with Crippen LogP contribution in [-0.2, 0) is 21.4 Å². The van der Waals surface area contributed by atoms with Gasteiger partial charge in [-0.25, -0.2) is 12.7 Å². The Morgan fingerprint density at radius 3 is 2.52 bits per heavy atom. The van der Waals surface area contributed by atoms with Gasteiger partial charge in [-0.3, -0.25) is 14.5 Å². The van der Waals surface area contributed by atoms with Crippen LogP contribution in [0.15, 0.2) is 16.5 Å². The molecular weight excluding hydrogens is 394 g/mol. The number of sulfonamides is 1. The van der Waals surface area contributed by atoms with Gasteiger partial charge < -0.3 is 9.32 Å². The predicted molar refractivity (Wildman–Crippen MR) is 106 cm³/mol. The lowest BCUT2D eigenvalue weighted by atomic mass is 9.88. The van der Waals surface area contributed by atoms with Gasteiger partial charge in [0.05, 0.1) is 30.8 Å². The molecule has 160 valence electrons. The summed E-state index contributed by atoms with van der Waals surface area (Å²) in [7, 11) is -3.68. The van der Waals surface area contributed by atoms with Gasteiger partial charge in [0.1, 0.15) is 5.76 Å². The lowest BCUT2D eigenvalue weighted by molar-refractivity contribution is -0.129. The van der Waals surface area contributed by atoms with Gasteiger partial charge in [0, 0.05) is 6.54 Å². The molecule has 0 unspecified atom stereocenters. The van der Waals surface area contributed by atoms with Crippen molar-refractivity contribution in [3.63, 3.8) is 0 Å². The van der Waals surface area contributed by atoms with Crippen molar-refractivity contribution in [2.45, 2.75) is 51.7 Å². The summed E-state index contributed by atoms with van der Waals surface area (Å²) < 4.78 is 31.3. The molecule has 3 fully saturated rings. The molecule has 0 spiro atoms. The highest BCUT2D eigenvalue weighted by molar-refractivity contribution is 7.88. The Hall–Kier alpha value is -1.87. The van der Waals surface area contributed by atoms with E-state index in [2.05, 4.69) is 4.90 Å². The highest BCUT2D eigenvalue weighted by atomic mass is 32.2. The van der Waals surface area contributed by atoms with Crippen LogP contribution in [0.2, 0.25) is 0 Å². The summed E-state index contributed by atoms with van der Waals surface area (Å²) in [6, 6.07) is 2.59. The van der Waals surface area contributed by atoms with Crippen LogP contribution in [0.5, 0.6) is 0 Å². The Labute approximate surface area is 171 Å². The topological polar surface area (TPSA) is 91.1 Å². The van der Waals surface area contributed by atoms with Crippen molar-refractivity contribution in [2.75, 3.05) is 25.9 Å². The van der Waals surface area contributed by atoms with Crippen LogP contribution in [0.1, 0.15) is 49.4 Å². The number of likely N-dealkylation sites (tertiary alicyclic amines) is 2. The molecule has 8 nitrogen and oxygen atoms in total. The molecule has 3 atom stereocenters. The fourth-order valence-corrected chi connectivity index (χ4v) is 6.32. The van der Waals surface area contributed by atoms with E-state index in [0.717, 1.165) is 29.4 Å². The van der Waals surface area contributed by atoms with Gasteiger partial charge in [-0.15, -0.1) is 0 Å². The molecule has 0 radical (unpaired) electrons. The van der Waals surface area contributed by atoms with E-state index in [4.69, 9.17) is 4.42 Å². The molecular formula is C20H29N3O5S. The van der Waals surface area contributed by atoms with E-state index in [1.807, 2.05) is 19.9 Å². The normalized spacial score (nSPS) is 28.0. The van der Waals surface area contributed by atoms with Crippen molar-refractivity contribution in [1.82, 2.24) is 14.1 Å². The van der Waals surface area contributed by atoms with Crippen LogP contribution in [0.4, 0.5) is 0 Å². The van der Waals surface area contributed by atoms with Crippen molar-refractivity contribution in [3.8, 4) is 0 Å². The minimum Gasteiger partial charge on any atom is -0.455 e. The number of carbonyl (C=O) groups is 2. The zero-order valence-electron chi connectivity index (χ0n) is 17.2. The number of fused-ring (bicyclic) bond motifs is 1. The SMILES string of the molecule is CC(C)[C@@H]1C(=O)N(S(C)(=O)=O)[C@H]2CCN(C(=O)c3ccc(CN4CCCC4)o3)[C@H]12. The highest BCUT2D eigenvalue weighted by Crippen LogP contribution is 2.41. The van der Waals surface area contributed by atoms with Gasteiger partial charge >= 0.3 is 0 Å². The number of nitrogens with zero attached hydrogens (tertiary/aromatic N) is 3. The second kappa shape index (κ2) is 7.43. The van der Waals surface area contributed by atoms with Crippen LogP contribution < -0.4 is 0 Å². The van der Waals surface area contributed by atoms with Crippen molar-refractivity contribution < 1.29 is 22.4 Å². The highest BCUT2D eigenvalue weighted by Gasteiger charge is 2.58. The van der Waals surface area contributed by atoms with Crippen molar-refractivity contribution in [2.24, 2.45) is 11.8 Å². The number of hydrogen-bond donors (Lipinski definition) is 0. The van der Waals surface area contributed by atoms with Gasteiger partial charge in [0.15, 0.2) is 5.76 Å². The van der Waals surface area contributed by atoms with E-state index >= 15 is 0 Å². The summed E-state index contributed by atoms with van der Waals surface area (Å²) in [6.45, 7) is 6.98. The standard InChI is InChI=1S/C20H29N3O5S/c1-13(2)17-18-15(23(20(17)25)29(3,26)27)8-11-22(18)19(24)16-7-6-14(28-16)12-21-9-4-5-10-21/h6-7,13,15,17-18H,4-5,8-12H2,1-3H3/t15-,17-,18-/m0/s1. The molecule has 0 N–H and O–H groups in total. The van der Waals surface area contributed by atoms with Crippen LogP contribution in [0.3, 0.4) is 0 Å². The molecule has 3 aliphatic rings. The first-order chi connectivity index (χ1) is 13.7. The van der Waals surface area contributed by atoms with E-state index in [0.29, 0.717) is 19.5 Å². The summed E-state index contributed by atoms with van der Waals surface area (Å²) in [5.41, 5.74) is 0. The first-order valence-electron chi connectivity index (χ1n) is 10.3. The average molecular weight is 424 g/mol. The monoisotopic (exact) mass is 423 g/mol. The zero-order chi connectivity index (χ0) is 20.9. The maximum absolute atomic E-state index is 13.2. The molecule has 0 saturated carbocycles. The lowest BCUT2D eigenvalue weighted by Crippen LogP contribution is -2.44. The molecule has 1 aromatic heterocycles. The molecule has 4 heterocycles. The summed E-state index contributed by atoms with van der Waals surface area (Å²) in [4.78, 5) is 30.0. The Morgan fingerprint density at radius 1 is 1.21 bits per heavy atom. The molecule has 0 bridgehead atoms. The minimum absolute atomic E-state index is 0.0718. The van der Waals surface area contributed by atoms with Crippen LogP contribution in [-0.4, -0.2) is 72.3 Å². The van der Waals surface area contributed by atoms with Crippen LogP contribution >= 0.6 is 0 Å². The van der Waals surface area contributed by atoms with E-state index < -0.39 is 33.9 Å². The van der Waals surface area contributed by atoms with Gasteiger partial charge in [0.2, 0.25) is 15.9 Å². The smallest absolute Gasteiger partial charge is 0.289 e. The Bertz CT molecular complexity index is 903. The molecule has 2 amide bonds. The molecule has 1 aromatic rings. The van der Waals surface area contributed by atoms with Gasteiger partial charge in [-0.1, -0.05) is 13.8 Å². The van der Waals surface area contributed by atoms with E-state index in [9.17, 15) is 18.0 Å². The molecule has 29 heavy (non-hydrogen) atoms. The second-order valence-electron chi connectivity index (χ2n) is 8.76. The maximum Gasteiger partial charge on any atom is 0.289 e. The fraction of sp³-hybridized carbons (Fsp3) is 0.700. The Morgan fingerprint density at radius 2 is 1.90 bits per heavy atom. The number of rotatable bonds is 5. The largest absolute Gasteiger partial charge is 0.455 e. The van der Waals surface area contributed by atoms with E-state index in [-0.39, 0.29) is 17.6 Å². The number of hydrogen-bond acceptors (Lipinski definition) is 6. The van der Waals surface area contributed by atoms with Crippen LogP contribution in [0, 0.1) is 11.8 Å². The van der Waals surface area contributed by atoms with E-state index in [1.54, 1.807) is 11.0 Å². The predicted octanol–water partition coefficient (Wildman–Crippen LogP) is 1.53. The third-order valence-corrected chi connectivity index (χ3v) is 7.54. The quantitative estimate of drug-likeness (QED) is 0.713. The number of carbonyl (C=O) groups excluding carboxylic acids is 2. The summed E-state index contributed by atoms with van der Waals surface area (Å²) in [5, 5.41) is 0. The fourth-order valence-electron chi connectivity index (χ4n) is 5.15. The van der Waals surface area contributed by atoms with Gasteiger partial charge in [-0.05, 0) is 50.4 Å². The molecule has 4 rings (SSSR count). The minimum atomic E-state index is -3.68. The third-order valence-electron chi connectivity index (χ3n) is 6.38. The Kier molecular flexibility index (Phi) is 5.23. The molecule has 0 aromatic carbocycles. The Balaban J connectivity index is 1.57. The molecule has 9 heteroatoms. The number of amides is 2. The first-order valence-corrected chi connectivity index (χ1v) is 12.2. The van der Waals surface area contributed by atoms with Crippen molar-refractivity contribution in [1.29, 1.82) is 0 Å². The first kappa shape index (κ1) is 20.4. The van der Waals surface area contributed by atoms with Crippen LogP contribution in [0.25, 0.3) is 0 Å². The second-order valence-corrected chi connectivity index (χ2v) is 10.6. The third kappa shape index (κ3) is 3.59. The molecule has 3 aliphatic heterocycles. The number of furan rings is 1. The average Bonchev–Trinajstić information content (AvgIpc) is 3.37. The zero-order valence-corrected chi connectivity index (χ0v) is 18.0. The summed E-state index contributed by atoms with van der Waals surface area (Å²) >= 11 is 0.